The molecular formula is C30H30F2N4O4S4. The molecule has 2 fully saturated rings. The van der Waals surface area contributed by atoms with Gasteiger partial charge in [0, 0.05) is 37.3 Å². The maximum Gasteiger partial charge on any atom is 0.267 e. The van der Waals surface area contributed by atoms with Crippen molar-refractivity contribution in [3.8, 4) is 0 Å². The lowest BCUT2D eigenvalue weighted by molar-refractivity contribution is -0.124. The van der Waals surface area contributed by atoms with Crippen molar-refractivity contribution in [2.45, 2.75) is 51.4 Å². The summed E-state index contributed by atoms with van der Waals surface area (Å²) in [5, 5.41) is 5.32. The molecule has 0 aliphatic carbocycles. The molecule has 2 N–H and O–H groups in total. The van der Waals surface area contributed by atoms with E-state index in [9.17, 15) is 28.0 Å². The van der Waals surface area contributed by atoms with Crippen LogP contribution in [-0.2, 0) is 19.2 Å². The quantitative estimate of drug-likeness (QED) is 0.131. The second-order valence-corrected chi connectivity index (χ2v) is 13.3. The Labute approximate surface area is 273 Å². The number of rotatable bonds is 14. The summed E-state index contributed by atoms with van der Waals surface area (Å²) in [6, 6.07) is 11.4. The molecule has 0 spiro atoms. The van der Waals surface area contributed by atoms with Gasteiger partial charge in [-0.25, -0.2) is 8.78 Å². The van der Waals surface area contributed by atoms with Crippen molar-refractivity contribution in [3.05, 3.63) is 70.0 Å². The first-order chi connectivity index (χ1) is 21.1. The van der Waals surface area contributed by atoms with Crippen molar-refractivity contribution in [3.63, 3.8) is 0 Å². The number of amides is 4. The number of unbranched alkanes of at least 4 members (excludes halogenated alkanes) is 4. The van der Waals surface area contributed by atoms with Crippen LogP contribution in [0.2, 0.25) is 0 Å². The van der Waals surface area contributed by atoms with Crippen LogP contribution in [0.1, 0.15) is 51.4 Å². The summed E-state index contributed by atoms with van der Waals surface area (Å²) in [7, 11) is 0. The van der Waals surface area contributed by atoms with Crippen molar-refractivity contribution in [2.75, 3.05) is 23.7 Å². The molecule has 0 aromatic heterocycles. The summed E-state index contributed by atoms with van der Waals surface area (Å²) in [6.07, 6.45) is 4.30. The summed E-state index contributed by atoms with van der Waals surface area (Å²) in [4.78, 5) is 54.0. The van der Waals surface area contributed by atoms with E-state index in [0.717, 1.165) is 23.5 Å². The van der Waals surface area contributed by atoms with Gasteiger partial charge < -0.3 is 10.6 Å². The number of carbonyl (C=O) groups excluding carboxylic acids is 4. The average Bonchev–Trinajstić information content (AvgIpc) is 3.41. The first-order valence-corrected chi connectivity index (χ1v) is 16.5. The minimum atomic E-state index is -0.424. The molecule has 2 heterocycles. The van der Waals surface area contributed by atoms with Gasteiger partial charge in [-0.2, -0.15) is 0 Å². The lowest BCUT2D eigenvalue weighted by Crippen LogP contribution is -2.31. The Balaban J connectivity index is 1.17. The molecule has 0 radical (unpaired) electrons. The number of hydrogen-bond donors (Lipinski definition) is 2. The Kier molecular flexibility index (Phi) is 12.4. The van der Waals surface area contributed by atoms with E-state index < -0.39 is 11.6 Å². The second kappa shape index (κ2) is 16.2. The Morgan fingerprint density at radius 1 is 0.659 bits per heavy atom. The smallest absolute Gasteiger partial charge is 0.267 e. The summed E-state index contributed by atoms with van der Waals surface area (Å²) >= 11 is 13.0. The van der Waals surface area contributed by atoms with E-state index in [1.807, 2.05) is 0 Å². The van der Waals surface area contributed by atoms with Gasteiger partial charge >= 0.3 is 0 Å². The van der Waals surface area contributed by atoms with E-state index in [0.29, 0.717) is 71.6 Å². The summed E-state index contributed by atoms with van der Waals surface area (Å²) in [5.74, 6) is -1.93. The van der Waals surface area contributed by atoms with Crippen LogP contribution in [0, 0.1) is 11.6 Å². The van der Waals surface area contributed by atoms with Gasteiger partial charge in [-0.05, 0) is 62.1 Å². The van der Waals surface area contributed by atoms with Gasteiger partial charge in [-0.15, -0.1) is 0 Å². The first kappa shape index (κ1) is 33.7. The number of nitrogens with one attached hydrogen (secondary N) is 2. The fourth-order valence-electron chi connectivity index (χ4n) is 4.50. The molecule has 4 rings (SSSR count). The van der Waals surface area contributed by atoms with Gasteiger partial charge in [-0.3, -0.25) is 29.0 Å². The minimum absolute atomic E-state index is 0.213. The van der Waals surface area contributed by atoms with Crippen LogP contribution in [-0.4, -0.2) is 55.2 Å². The van der Waals surface area contributed by atoms with E-state index >= 15 is 0 Å². The molecule has 2 saturated heterocycles. The van der Waals surface area contributed by atoms with Crippen molar-refractivity contribution < 1.29 is 28.0 Å². The number of benzene rings is 2. The zero-order chi connectivity index (χ0) is 31.6. The lowest BCUT2D eigenvalue weighted by Gasteiger charge is -2.14. The maximum atomic E-state index is 13.3. The highest BCUT2D eigenvalue weighted by Gasteiger charge is 2.41. The molecule has 2 aliphatic rings. The molecule has 2 aliphatic heterocycles. The number of anilines is 2. The highest BCUT2D eigenvalue weighted by molar-refractivity contribution is 8.29. The monoisotopic (exact) mass is 676 g/mol. The highest BCUT2D eigenvalue weighted by Crippen LogP contribution is 2.42. The van der Waals surface area contributed by atoms with Gasteiger partial charge in [0.2, 0.25) is 11.8 Å². The molecule has 0 atom stereocenters. The van der Waals surface area contributed by atoms with Gasteiger partial charge in [0.15, 0.2) is 0 Å². The van der Waals surface area contributed by atoms with Crippen LogP contribution in [0.4, 0.5) is 20.2 Å². The second-order valence-electron chi connectivity index (χ2n) is 10.0. The summed E-state index contributed by atoms with van der Waals surface area (Å²) < 4.78 is 27.3. The summed E-state index contributed by atoms with van der Waals surface area (Å²) in [6.45, 7) is 0.736. The third kappa shape index (κ3) is 9.40. The van der Waals surface area contributed by atoms with E-state index in [1.165, 1.54) is 46.2 Å². The van der Waals surface area contributed by atoms with E-state index in [4.69, 9.17) is 24.4 Å². The van der Waals surface area contributed by atoms with Gasteiger partial charge in [0.1, 0.15) is 20.3 Å². The first-order valence-electron chi connectivity index (χ1n) is 14.0. The fourth-order valence-corrected chi connectivity index (χ4v) is 7.27. The van der Waals surface area contributed by atoms with Crippen LogP contribution < -0.4 is 10.6 Å². The molecule has 0 bridgehead atoms. The van der Waals surface area contributed by atoms with Crippen molar-refractivity contribution in [1.29, 1.82) is 0 Å². The van der Waals surface area contributed by atoms with Crippen LogP contribution in [0.5, 0.6) is 0 Å². The molecule has 0 saturated carbocycles. The molecule has 44 heavy (non-hydrogen) atoms. The zero-order valence-electron chi connectivity index (χ0n) is 23.6. The molecule has 0 unspecified atom stereocenters. The number of halogens is 2. The third-order valence-corrected chi connectivity index (χ3v) is 9.72. The molecular weight excluding hydrogens is 647 g/mol. The predicted molar refractivity (Wildman–Crippen MR) is 178 cm³/mol. The van der Waals surface area contributed by atoms with Crippen molar-refractivity contribution >= 4 is 91.6 Å². The van der Waals surface area contributed by atoms with Crippen molar-refractivity contribution in [2.24, 2.45) is 0 Å². The number of hydrogen-bond acceptors (Lipinski definition) is 8. The van der Waals surface area contributed by atoms with Gasteiger partial charge in [-0.1, -0.05) is 72.9 Å². The SMILES string of the molecule is O=C(CCCCCN1C(=O)/C(=C2\SC(=S)N(CCCCCC(=O)Nc3cccc(F)c3)C2=O)SC1=S)Nc1cccc(F)c1. The standard InChI is InChI=1S/C30H30F2N4O4S4/c31-19-9-7-11-21(17-19)33-23(37)13-3-1-5-15-35-27(39)25(43-29(35)41)26-28(40)36(30(42)44-26)16-6-2-4-14-24(38)34-22-12-8-10-20(32)18-22/h7-12,17-18H,1-6,13-16H2,(H,33,37)(H,34,38)/b26-25+. The largest absolute Gasteiger partial charge is 0.326 e. The molecule has 2 aromatic carbocycles. The van der Waals surface area contributed by atoms with E-state index in [-0.39, 0.29) is 46.3 Å². The Bertz CT molecular complexity index is 1390. The average molecular weight is 677 g/mol. The zero-order valence-corrected chi connectivity index (χ0v) is 26.9. The molecule has 8 nitrogen and oxygen atoms in total. The van der Waals surface area contributed by atoms with Crippen LogP contribution in [0.15, 0.2) is 58.3 Å². The van der Waals surface area contributed by atoms with Crippen LogP contribution in [0.25, 0.3) is 0 Å². The maximum absolute atomic E-state index is 13.3. The minimum Gasteiger partial charge on any atom is -0.326 e. The van der Waals surface area contributed by atoms with Crippen molar-refractivity contribution in [1.82, 2.24) is 9.80 Å². The Morgan fingerprint density at radius 2 is 1.07 bits per heavy atom. The number of thiocarbonyl (C=S) groups is 2. The fraction of sp³-hybridized carbons (Fsp3) is 0.333. The Hall–Kier alpha value is -3.20. The number of thioether (sulfide) groups is 2. The van der Waals surface area contributed by atoms with Crippen LogP contribution >= 0.6 is 48.0 Å². The van der Waals surface area contributed by atoms with Crippen LogP contribution in [0.3, 0.4) is 0 Å². The molecule has 4 amide bonds. The van der Waals surface area contributed by atoms with E-state index in [1.54, 1.807) is 12.1 Å². The van der Waals surface area contributed by atoms with Gasteiger partial charge in [0.25, 0.3) is 11.8 Å². The Morgan fingerprint density at radius 3 is 1.45 bits per heavy atom. The highest BCUT2D eigenvalue weighted by atomic mass is 32.2. The molecule has 14 heteroatoms. The molecule has 232 valence electrons. The predicted octanol–water partition coefficient (Wildman–Crippen LogP) is 6.60. The van der Waals surface area contributed by atoms with Gasteiger partial charge in [0.05, 0.1) is 9.81 Å². The summed E-state index contributed by atoms with van der Waals surface area (Å²) in [5.41, 5.74) is 0.808. The topological polar surface area (TPSA) is 98.8 Å². The lowest BCUT2D eigenvalue weighted by atomic mass is 10.1. The van der Waals surface area contributed by atoms with E-state index in [2.05, 4.69) is 10.6 Å². The third-order valence-electron chi connectivity index (χ3n) is 6.69. The number of nitrogens with zero attached hydrogens (tertiary/aromatic N) is 2. The number of carbonyl (C=O) groups is 4. The normalized spacial score (nSPS) is 16.7. The molecule has 2 aromatic rings.